The summed E-state index contributed by atoms with van der Waals surface area (Å²) in [6.45, 7) is 2.70. The van der Waals surface area contributed by atoms with Gasteiger partial charge in [-0.15, -0.1) is 11.3 Å². The Hall–Kier alpha value is -2.63. The summed E-state index contributed by atoms with van der Waals surface area (Å²) in [7, 11) is 0. The Labute approximate surface area is 157 Å². The Morgan fingerprint density at radius 2 is 1.85 bits per heavy atom. The van der Waals surface area contributed by atoms with Gasteiger partial charge in [-0.2, -0.15) is 0 Å². The summed E-state index contributed by atoms with van der Waals surface area (Å²) in [5.41, 5.74) is 4.18. The van der Waals surface area contributed by atoms with Gasteiger partial charge in [-0.25, -0.2) is 0 Å². The SMILES string of the molecule is CCNC(=O)c1ccc(-c2cccc(Nc3ccc(CCO)cc3)c2)s1. The van der Waals surface area contributed by atoms with Crippen molar-refractivity contribution in [2.75, 3.05) is 18.5 Å². The van der Waals surface area contributed by atoms with Crippen LogP contribution in [-0.4, -0.2) is 24.2 Å². The number of hydrogen-bond donors (Lipinski definition) is 3. The van der Waals surface area contributed by atoms with E-state index < -0.39 is 0 Å². The second-order valence-corrected chi connectivity index (χ2v) is 6.98. The van der Waals surface area contributed by atoms with E-state index in [0.717, 1.165) is 32.3 Å². The fourth-order valence-electron chi connectivity index (χ4n) is 2.66. The quantitative estimate of drug-likeness (QED) is 0.579. The number of rotatable bonds is 7. The van der Waals surface area contributed by atoms with E-state index in [1.807, 2.05) is 61.5 Å². The van der Waals surface area contributed by atoms with Gasteiger partial charge in [0.25, 0.3) is 5.91 Å². The van der Waals surface area contributed by atoms with Crippen molar-refractivity contribution >= 4 is 28.6 Å². The molecule has 0 radical (unpaired) electrons. The molecular weight excluding hydrogens is 344 g/mol. The van der Waals surface area contributed by atoms with Crippen molar-refractivity contribution < 1.29 is 9.90 Å². The fraction of sp³-hybridized carbons (Fsp3) is 0.190. The van der Waals surface area contributed by atoms with Gasteiger partial charge in [0.2, 0.25) is 0 Å². The summed E-state index contributed by atoms with van der Waals surface area (Å²) in [5.74, 6) is -0.0269. The van der Waals surface area contributed by atoms with Gasteiger partial charge >= 0.3 is 0 Å². The minimum atomic E-state index is -0.0269. The molecule has 0 saturated carbocycles. The van der Waals surface area contributed by atoms with Crippen molar-refractivity contribution in [1.29, 1.82) is 0 Å². The Bertz CT molecular complexity index is 872. The normalized spacial score (nSPS) is 10.5. The Balaban J connectivity index is 1.75. The van der Waals surface area contributed by atoms with E-state index in [2.05, 4.69) is 16.7 Å². The molecule has 0 unspecified atom stereocenters. The molecule has 0 aliphatic rings. The number of hydrogen-bond acceptors (Lipinski definition) is 4. The van der Waals surface area contributed by atoms with Crippen molar-refractivity contribution in [1.82, 2.24) is 5.32 Å². The number of aliphatic hydroxyl groups is 1. The molecule has 2 aromatic carbocycles. The molecule has 1 amide bonds. The van der Waals surface area contributed by atoms with E-state index in [4.69, 9.17) is 5.11 Å². The first-order valence-corrected chi connectivity index (χ1v) is 9.46. The lowest BCUT2D eigenvalue weighted by atomic mass is 10.1. The Morgan fingerprint density at radius 1 is 1.04 bits per heavy atom. The number of thiophene rings is 1. The van der Waals surface area contributed by atoms with E-state index in [1.165, 1.54) is 11.3 Å². The lowest BCUT2D eigenvalue weighted by molar-refractivity contribution is 0.0960. The topological polar surface area (TPSA) is 61.4 Å². The number of carbonyl (C=O) groups excluding carboxylic acids is 1. The number of aliphatic hydroxyl groups excluding tert-OH is 1. The van der Waals surface area contributed by atoms with Gasteiger partial charge in [-0.3, -0.25) is 4.79 Å². The number of benzene rings is 2. The summed E-state index contributed by atoms with van der Waals surface area (Å²) in [4.78, 5) is 13.7. The molecule has 0 saturated heterocycles. The van der Waals surface area contributed by atoms with Crippen LogP contribution in [0.4, 0.5) is 11.4 Å². The zero-order chi connectivity index (χ0) is 18.4. The third kappa shape index (κ3) is 4.50. The van der Waals surface area contributed by atoms with Crippen LogP contribution in [-0.2, 0) is 6.42 Å². The van der Waals surface area contributed by atoms with E-state index >= 15 is 0 Å². The third-order valence-corrected chi connectivity index (χ3v) is 5.09. The molecule has 1 heterocycles. The number of anilines is 2. The van der Waals surface area contributed by atoms with Crippen LogP contribution in [0, 0.1) is 0 Å². The summed E-state index contributed by atoms with van der Waals surface area (Å²) >= 11 is 1.49. The fourth-order valence-corrected chi connectivity index (χ4v) is 3.58. The summed E-state index contributed by atoms with van der Waals surface area (Å²) < 4.78 is 0. The maximum atomic E-state index is 11.9. The molecule has 0 spiro atoms. The molecule has 0 aliphatic carbocycles. The summed E-state index contributed by atoms with van der Waals surface area (Å²) in [6, 6.07) is 20.0. The summed E-state index contributed by atoms with van der Waals surface area (Å²) in [6.07, 6.45) is 0.669. The Morgan fingerprint density at radius 3 is 2.58 bits per heavy atom. The smallest absolute Gasteiger partial charge is 0.261 e. The maximum Gasteiger partial charge on any atom is 0.261 e. The average molecular weight is 366 g/mol. The molecule has 4 nitrogen and oxygen atoms in total. The first-order chi connectivity index (χ1) is 12.7. The van der Waals surface area contributed by atoms with Crippen molar-refractivity contribution in [2.24, 2.45) is 0 Å². The lowest BCUT2D eigenvalue weighted by Gasteiger charge is -2.09. The molecule has 0 aliphatic heterocycles. The third-order valence-electron chi connectivity index (χ3n) is 3.96. The highest BCUT2D eigenvalue weighted by atomic mass is 32.1. The molecular formula is C21H22N2O2S. The van der Waals surface area contributed by atoms with Crippen molar-refractivity contribution in [3.63, 3.8) is 0 Å². The van der Waals surface area contributed by atoms with Crippen LogP contribution in [0.3, 0.4) is 0 Å². The van der Waals surface area contributed by atoms with E-state index in [9.17, 15) is 4.79 Å². The van der Waals surface area contributed by atoms with Crippen molar-refractivity contribution in [2.45, 2.75) is 13.3 Å². The van der Waals surface area contributed by atoms with Crippen LogP contribution in [0.5, 0.6) is 0 Å². The van der Waals surface area contributed by atoms with Crippen LogP contribution in [0.25, 0.3) is 10.4 Å². The second kappa shape index (κ2) is 8.65. The molecule has 3 rings (SSSR count). The minimum absolute atomic E-state index is 0.0269. The molecule has 134 valence electrons. The zero-order valence-corrected chi connectivity index (χ0v) is 15.5. The molecule has 5 heteroatoms. The van der Waals surface area contributed by atoms with Crippen LogP contribution < -0.4 is 10.6 Å². The van der Waals surface area contributed by atoms with Gasteiger partial charge in [-0.1, -0.05) is 24.3 Å². The van der Waals surface area contributed by atoms with Crippen LogP contribution in [0.1, 0.15) is 22.2 Å². The molecule has 1 aromatic heterocycles. The van der Waals surface area contributed by atoms with Gasteiger partial charge in [0, 0.05) is 29.4 Å². The maximum absolute atomic E-state index is 11.9. The van der Waals surface area contributed by atoms with Gasteiger partial charge in [0.05, 0.1) is 4.88 Å². The molecule has 0 atom stereocenters. The van der Waals surface area contributed by atoms with E-state index in [1.54, 1.807) is 0 Å². The van der Waals surface area contributed by atoms with Gasteiger partial charge in [0.1, 0.15) is 0 Å². The average Bonchev–Trinajstić information content (AvgIpc) is 3.14. The van der Waals surface area contributed by atoms with Gasteiger partial charge in [-0.05, 0) is 60.9 Å². The van der Waals surface area contributed by atoms with Crippen LogP contribution >= 0.6 is 11.3 Å². The number of nitrogens with one attached hydrogen (secondary N) is 2. The van der Waals surface area contributed by atoms with E-state index in [-0.39, 0.29) is 12.5 Å². The van der Waals surface area contributed by atoms with Gasteiger partial charge < -0.3 is 15.7 Å². The molecule has 3 N–H and O–H groups in total. The van der Waals surface area contributed by atoms with E-state index in [0.29, 0.717) is 13.0 Å². The minimum Gasteiger partial charge on any atom is -0.396 e. The van der Waals surface area contributed by atoms with Crippen molar-refractivity contribution in [3.8, 4) is 10.4 Å². The van der Waals surface area contributed by atoms with Crippen LogP contribution in [0.2, 0.25) is 0 Å². The van der Waals surface area contributed by atoms with Crippen LogP contribution in [0.15, 0.2) is 60.7 Å². The second-order valence-electron chi connectivity index (χ2n) is 5.90. The first-order valence-electron chi connectivity index (χ1n) is 8.65. The van der Waals surface area contributed by atoms with Crippen molar-refractivity contribution in [3.05, 3.63) is 71.1 Å². The molecule has 3 aromatic rings. The number of amides is 1. The predicted octanol–water partition coefficient (Wildman–Crippen LogP) is 4.44. The first kappa shape index (κ1) is 18.2. The highest BCUT2D eigenvalue weighted by molar-refractivity contribution is 7.17. The largest absolute Gasteiger partial charge is 0.396 e. The Kier molecular flexibility index (Phi) is 6.04. The zero-order valence-electron chi connectivity index (χ0n) is 14.7. The highest BCUT2D eigenvalue weighted by Gasteiger charge is 2.09. The monoisotopic (exact) mass is 366 g/mol. The summed E-state index contributed by atoms with van der Waals surface area (Å²) in [5, 5.41) is 15.2. The molecule has 26 heavy (non-hydrogen) atoms. The lowest BCUT2D eigenvalue weighted by Crippen LogP contribution is -2.21. The molecule has 0 fully saturated rings. The van der Waals surface area contributed by atoms with Gasteiger partial charge in [0.15, 0.2) is 0 Å². The standard InChI is InChI=1S/C21H22N2O2S/c1-2-22-21(25)20-11-10-19(26-20)16-4-3-5-18(14-16)23-17-8-6-15(7-9-17)12-13-24/h3-11,14,23-24H,2,12-13H2,1H3,(H,22,25). The predicted molar refractivity (Wildman–Crippen MR) is 108 cm³/mol. The highest BCUT2D eigenvalue weighted by Crippen LogP contribution is 2.30. The number of carbonyl (C=O) groups is 1. The molecule has 0 bridgehead atoms.